The number of sulfonamides is 1. The highest BCUT2D eigenvalue weighted by molar-refractivity contribution is 7.89. The fourth-order valence-corrected chi connectivity index (χ4v) is 7.47. The number of ether oxygens (including phenoxy) is 1. The molecule has 2 aliphatic heterocycles. The molecule has 3 aromatic carbocycles. The molecule has 3 heterocycles. The molecule has 2 amide bonds. The molecule has 206 valence electrons. The Morgan fingerprint density at radius 3 is 2.77 bits per heavy atom. The summed E-state index contributed by atoms with van der Waals surface area (Å²) in [6, 6.07) is 17.9. The van der Waals surface area contributed by atoms with Crippen LogP contribution in [0.5, 0.6) is 0 Å². The molecule has 1 aromatic heterocycles. The first-order valence-corrected chi connectivity index (χ1v) is 14.9. The Kier molecular flexibility index (Phi) is 6.99. The number of carbonyl (C=O) groups excluding carboxylic acids is 2. The summed E-state index contributed by atoms with van der Waals surface area (Å²) in [6.45, 7) is 1.53. The number of fused-ring (bicyclic) bond motifs is 1. The van der Waals surface area contributed by atoms with Gasteiger partial charge < -0.3 is 15.0 Å². The fraction of sp³-hybridized carbons (Fsp3) is 0.300. The van der Waals surface area contributed by atoms with Crippen molar-refractivity contribution >= 4 is 54.9 Å². The van der Waals surface area contributed by atoms with Crippen LogP contribution in [0.4, 0.5) is 11.4 Å². The van der Waals surface area contributed by atoms with E-state index in [1.165, 1.54) is 4.31 Å². The van der Waals surface area contributed by atoms with E-state index in [2.05, 4.69) is 10.3 Å². The fourth-order valence-electron chi connectivity index (χ4n) is 5.78. The highest BCUT2D eigenvalue weighted by Crippen LogP contribution is 2.41. The summed E-state index contributed by atoms with van der Waals surface area (Å²) in [6.07, 6.45) is 3.45. The molecule has 0 spiro atoms. The van der Waals surface area contributed by atoms with Crippen LogP contribution in [0.2, 0.25) is 0 Å². The summed E-state index contributed by atoms with van der Waals surface area (Å²) in [4.78, 5) is 32.8. The van der Waals surface area contributed by atoms with Crippen molar-refractivity contribution in [3.8, 4) is 0 Å². The average Bonchev–Trinajstić information content (AvgIpc) is 3.26. The van der Waals surface area contributed by atoms with Crippen LogP contribution in [0.3, 0.4) is 0 Å². The van der Waals surface area contributed by atoms with Gasteiger partial charge in [-0.15, -0.1) is 0 Å². The molecule has 4 aromatic rings. The summed E-state index contributed by atoms with van der Waals surface area (Å²) >= 11 is 0. The number of methoxy groups -OCH3 is 1. The molecule has 0 radical (unpaired) electrons. The van der Waals surface area contributed by atoms with Gasteiger partial charge in [0.1, 0.15) is 4.90 Å². The number of nitrogens with zero attached hydrogens (tertiary/aromatic N) is 3. The van der Waals surface area contributed by atoms with E-state index in [9.17, 15) is 18.0 Å². The van der Waals surface area contributed by atoms with Crippen molar-refractivity contribution in [2.45, 2.75) is 24.2 Å². The smallest absolute Gasteiger partial charge is 0.258 e. The van der Waals surface area contributed by atoms with Crippen LogP contribution < -0.4 is 10.2 Å². The van der Waals surface area contributed by atoms with E-state index in [4.69, 9.17) is 4.74 Å². The molecule has 6 rings (SSSR count). The number of rotatable bonds is 8. The zero-order valence-electron chi connectivity index (χ0n) is 22.2. The molecule has 1 unspecified atom stereocenters. The lowest BCUT2D eigenvalue weighted by Gasteiger charge is -2.31. The number of hydrogen-bond acceptors (Lipinski definition) is 6. The molecular formula is C30H30N4O5S. The molecule has 0 saturated carbocycles. The monoisotopic (exact) mass is 558 g/mol. The molecule has 0 aliphatic carbocycles. The van der Waals surface area contributed by atoms with Crippen LogP contribution in [0.25, 0.3) is 21.7 Å². The number of piperidine rings is 1. The van der Waals surface area contributed by atoms with Gasteiger partial charge in [0.15, 0.2) is 0 Å². The van der Waals surface area contributed by atoms with Gasteiger partial charge in [0.2, 0.25) is 15.9 Å². The highest BCUT2D eigenvalue weighted by Gasteiger charge is 2.35. The largest absolute Gasteiger partial charge is 0.385 e. The van der Waals surface area contributed by atoms with Gasteiger partial charge in [-0.1, -0.05) is 30.3 Å². The van der Waals surface area contributed by atoms with Crippen LogP contribution in [0, 0.1) is 5.92 Å². The summed E-state index contributed by atoms with van der Waals surface area (Å²) in [7, 11) is -2.21. The van der Waals surface area contributed by atoms with E-state index in [1.54, 1.807) is 36.4 Å². The SMILES string of the molecule is COCCCN1C(=O)c2cccc3c(NC(=O)C4CCCN(S(=O)(=O)c5cccc6cccnc56)C4)ccc1c23. The molecule has 2 aliphatic rings. The average molecular weight is 559 g/mol. The predicted octanol–water partition coefficient (Wildman–Crippen LogP) is 4.42. The summed E-state index contributed by atoms with van der Waals surface area (Å²) in [5.74, 6) is -0.809. The number of pyridine rings is 1. The number of carbonyl (C=O) groups is 2. The zero-order valence-corrected chi connectivity index (χ0v) is 23.0. The van der Waals surface area contributed by atoms with Gasteiger partial charge in [-0.25, -0.2) is 8.42 Å². The van der Waals surface area contributed by atoms with Crippen molar-refractivity contribution in [2.75, 3.05) is 43.6 Å². The number of aromatic nitrogens is 1. The molecule has 40 heavy (non-hydrogen) atoms. The van der Waals surface area contributed by atoms with Crippen molar-refractivity contribution < 1.29 is 22.7 Å². The minimum Gasteiger partial charge on any atom is -0.385 e. The zero-order chi connectivity index (χ0) is 27.9. The lowest BCUT2D eigenvalue weighted by Crippen LogP contribution is -2.43. The van der Waals surface area contributed by atoms with Crippen molar-refractivity contribution in [3.63, 3.8) is 0 Å². The minimum atomic E-state index is -3.85. The number of para-hydroxylation sites is 1. The van der Waals surface area contributed by atoms with E-state index in [1.807, 2.05) is 42.5 Å². The Balaban J connectivity index is 1.24. The first kappa shape index (κ1) is 26.4. The van der Waals surface area contributed by atoms with E-state index in [-0.39, 0.29) is 23.3 Å². The second-order valence-electron chi connectivity index (χ2n) is 10.2. The van der Waals surface area contributed by atoms with E-state index in [0.29, 0.717) is 55.7 Å². The van der Waals surface area contributed by atoms with Gasteiger partial charge in [0.25, 0.3) is 5.91 Å². The maximum atomic E-state index is 13.7. The normalized spacial score (nSPS) is 17.6. The number of benzene rings is 3. The van der Waals surface area contributed by atoms with Crippen LogP contribution in [-0.2, 0) is 19.6 Å². The van der Waals surface area contributed by atoms with Crippen molar-refractivity contribution in [1.29, 1.82) is 0 Å². The number of anilines is 2. The molecule has 1 atom stereocenters. The summed E-state index contributed by atoms with van der Waals surface area (Å²) < 4.78 is 33.8. The summed E-state index contributed by atoms with van der Waals surface area (Å²) in [5.41, 5.74) is 2.47. The van der Waals surface area contributed by atoms with Crippen LogP contribution >= 0.6 is 0 Å². The first-order chi connectivity index (χ1) is 19.4. The lowest BCUT2D eigenvalue weighted by molar-refractivity contribution is -0.120. The van der Waals surface area contributed by atoms with Crippen molar-refractivity contribution in [1.82, 2.24) is 9.29 Å². The van der Waals surface area contributed by atoms with Gasteiger partial charge in [0, 0.05) is 67.0 Å². The highest BCUT2D eigenvalue weighted by atomic mass is 32.2. The molecule has 1 N–H and O–H groups in total. The molecule has 9 nitrogen and oxygen atoms in total. The number of nitrogens with one attached hydrogen (secondary N) is 1. The Morgan fingerprint density at radius 2 is 1.93 bits per heavy atom. The maximum Gasteiger partial charge on any atom is 0.258 e. The van der Waals surface area contributed by atoms with Gasteiger partial charge in [-0.05, 0) is 49.6 Å². The Bertz CT molecular complexity index is 1730. The molecule has 0 bridgehead atoms. The molecular weight excluding hydrogens is 528 g/mol. The third kappa shape index (κ3) is 4.51. The second-order valence-corrected chi connectivity index (χ2v) is 12.1. The van der Waals surface area contributed by atoms with Gasteiger partial charge in [0.05, 0.1) is 17.1 Å². The molecule has 1 saturated heterocycles. The van der Waals surface area contributed by atoms with E-state index < -0.39 is 15.9 Å². The van der Waals surface area contributed by atoms with Gasteiger partial charge >= 0.3 is 0 Å². The molecule has 1 fully saturated rings. The second kappa shape index (κ2) is 10.6. The third-order valence-corrected chi connectivity index (χ3v) is 9.64. The Labute approximate surface area is 232 Å². The van der Waals surface area contributed by atoms with Crippen molar-refractivity contribution in [3.05, 3.63) is 72.4 Å². The quantitative estimate of drug-likeness (QED) is 0.321. The van der Waals surface area contributed by atoms with Crippen molar-refractivity contribution in [2.24, 2.45) is 5.92 Å². The van der Waals surface area contributed by atoms with Gasteiger partial charge in [-0.2, -0.15) is 4.31 Å². The van der Waals surface area contributed by atoms with Gasteiger partial charge in [-0.3, -0.25) is 14.6 Å². The number of amides is 2. The number of hydrogen-bond donors (Lipinski definition) is 1. The Hall–Kier alpha value is -3.86. The predicted molar refractivity (Wildman–Crippen MR) is 154 cm³/mol. The Morgan fingerprint density at radius 1 is 1.10 bits per heavy atom. The maximum absolute atomic E-state index is 13.7. The van der Waals surface area contributed by atoms with E-state index in [0.717, 1.165) is 21.8 Å². The lowest BCUT2D eigenvalue weighted by atomic mass is 9.98. The third-order valence-electron chi connectivity index (χ3n) is 7.74. The topological polar surface area (TPSA) is 109 Å². The minimum absolute atomic E-state index is 0.0590. The van der Waals surface area contributed by atoms with Crippen LogP contribution in [-0.4, -0.2) is 62.9 Å². The standard InChI is InChI=1S/C30H30N4O5S/c1-39-18-6-17-34-25-14-13-24(22-10-3-11-23(27(22)25)30(34)36)32-29(35)21-9-5-16-33(19-21)40(37,38)26-12-2-7-20-8-4-15-31-28(20)26/h2-4,7-8,10-15,21H,5-6,9,16-19H2,1H3,(H,32,35). The molecule has 10 heteroatoms. The first-order valence-electron chi connectivity index (χ1n) is 13.4. The van der Waals surface area contributed by atoms with Crippen LogP contribution in [0.1, 0.15) is 29.6 Å². The summed E-state index contributed by atoms with van der Waals surface area (Å²) in [5, 5.41) is 5.39. The van der Waals surface area contributed by atoms with E-state index >= 15 is 0 Å². The van der Waals surface area contributed by atoms with Crippen LogP contribution in [0.15, 0.2) is 71.8 Å².